The maximum Gasteiger partial charge on any atom is 0.413 e. The van der Waals surface area contributed by atoms with Gasteiger partial charge in [0.2, 0.25) is 0 Å². The number of rotatable bonds is 0. The lowest BCUT2D eigenvalue weighted by Gasteiger charge is -2.28. The molecule has 3 N–H and O–H groups in total. The van der Waals surface area contributed by atoms with E-state index in [4.69, 9.17) is 17.0 Å². The Morgan fingerprint density at radius 1 is 1.50 bits per heavy atom. The molecule has 0 aromatic heterocycles. The van der Waals surface area contributed by atoms with Gasteiger partial charge in [0, 0.05) is 13.1 Å². The van der Waals surface area contributed by atoms with Crippen LogP contribution in [-0.4, -0.2) is 55.0 Å². The largest absolute Gasteiger partial charge is 0.453 e. The number of hydrogen-bond donors (Lipinski definition) is 1. The van der Waals surface area contributed by atoms with Crippen molar-refractivity contribution in [3.05, 3.63) is 0 Å². The predicted octanol–water partition coefficient (Wildman–Crippen LogP) is -0.865. The normalized spacial score (nSPS) is 15.4. The summed E-state index contributed by atoms with van der Waals surface area (Å²) in [5.41, 5.74) is 0. The van der Waals surface area contributed by atoms with Crippen LogP contribution in [0.15, 0.2) is 0 Å². The molecule has 14 heavy (non-hydrogen) atoms. The van der Waals surface area contributed by atoms with Crippen LogP contribution in [0.2, 0.25) is 0 Å². The Labute approximate surface area is 87.5 Å². The molecule has 1 heterocycles. The number of hydrogen-bond acceptors (Lipinski definition) is 4. The Balaban J connectivity index is 0.00000169. The molecule has 0 aromatic rings. The summed E-state index contributed by atoms with van der Waals surface area (Å²) in [7, 11) is 1.30. The molecule has 1 saturated heterocycles. The monoisotopic (exact) mass is 222 g/mol. The van der Waals surface area contributed by atoms with E-state index in [0.29, 0.717) is 31.4 Å². The highest BCUT2D eigenvalue weighted by Crippen LogP contribution is 1.97. The highest BCUT2D eigenvalue weighted by Gasteiger charge is 2.15. The molecule has 1 rings (SSSR count). The fraction of sp³-hybridized carbons (Fsp3) is 0.714. The van der Waals surface area contributed by atoms with Crippen LogP contribution in [-0.2, 0) is 9.47 Å². The number of ether oxygens (including phenoxy) is 2. The van der Waals surface area contributed by atoms with Crippen molar-refractivity contribution in [3.63, 3.8) is 0 Å². The first-order chi connectivity index (χ1) is 6.24. The van der Waals surface area contributed by atoms with Gasteiger partial charge in [-0.2, -0.15) is 0 Å². The summed E-state index contributed by atoms with van der Waals surface area (Å²) in [6, 6.07) is 0. The van der Waals surface area contributed by atoms with E-state index in [9.17, 15) is 4.79 Å². The van der Waals surface area contributed by atoms with Crippen LogP contribution in [0.4, 0.5) is 4.79 Å². The standard InChI is InChI=1S/C7H12N2O3S.H2O/c1-11-7(10)8-6(13)9-2-4-12-5-3-9;/h2-5H2,1H3,(H,8,10,13);1H2. The molecule has 0 aliphatic carbocycles. The number of thiocarbonyl (C=S) groups is 1. The van der Waals surface area contributed by atoms with Crippen molar-refractivity contribution in [2.24, 2.45) is 0 Å². The highest BCUT2D eigenvalue weighted by atomic mass is 32.1. The molecule has 0 atom stereocenters. The Kier molecular flexibility index (Phi) is 6.09. The summed E-state index contributed by atoms with van der Waals surface area (Å²) in [5.74, 6) is 0. The van der Waals surface area contributed by atoms with E-state index in [1.807, 2.05) is 4.90 Å². The van der Waals surface area contributed by atoms with Crippen LogP contribution in [0.3, 0.4) is 0 Å². The molecule has 0 saturated carbocycles. The smallest absolute Gasteiger partial charge is 0.413 e. The summed E-state index contributed by atoms with van der Waals surface area (Å²) in [5, 5.41) is 2.84. The summed E-state index contributed by atoms with van der Waals surface area (Å²) in [6.45, 7) is 2.71. The topological polar surface area (TPSA) is 82.3 Å². The molecule has 1 aliphatic rings. The second kappa shape index (κ2) is 6.52. The molecular weight excluding hydrogens is 208 g/mol. The molecule has 6 nitrogen and oxygen atoms in total. The lowest BCUT2D eigenvalue weighted by Crippen LogP contribution is -2.47. The van der Waals surface area contributed by atoms with Gasteiger partial charge in [0.15, 0.2) is 5.11 Å². The minimum atomic E-state index is -0.531. The first-order valence-electron chi connectivity index (χ1n) is 3.95. The van der Waals surface area contributed by atoms with Gasteiger partial charge < -0.3 is 19.8 Å². The van der Waals surface area contributed by atoms with Gasteiger partial charge in [-0.15, -0.1) is 0 Å². The lowest BCUT2D eigenvalue weighted by atomic mass is 10.4. The quantitative estimate of drug-likeness (QED) is 0.539. The number of nitrogens with zero attached hydrogens (tertiary/aromatic N) is 1. The zero-order valence-electron chi connectivity index (χ0n) is 7.91. The third-order valence-electron chi connectivity index (χ3n) is 1.69. The molecule has 82 valence electrons. The van der Waals surface area contributed by atoms with Gasteiger partial charge in [0.25, 0.3) is 0 Å². The van der Waals surface area contributed by atoms with Crippen LogP contribution in [0, 0.1) is 0 Å². The fourth-order valence-corrected chi connectivity index (χ4v) is 1.25. The number of methoxy groups -OCH3 is 1. The molecule has 0 aromatic carbocycles. The van der Waals surface area contributed by atoms with Crippen LogP contribution < -0.4 is 5.32 Å². The zero-order valence-corrected chi connectivity index (χ0v) is 8.73. The molecule has 0 unspecified atom stereocenters. The Bertz CT molecular complexity index is 206. The van der Waals surface area contributed by atoms with E-state index >= 15 is 0 Å². The van der Waals surface area contributed by atoms with Gasteiger partial charge in [0.05, 0.1) is 20.3 Å². The Hall–Kier alpha value is -0.920. The molecule has 0 spiro atoms. The number of alkyl carbamates (subject to hydrolysis) is 1. The van der Waals surface area contributed by atoms with E-state index in [1.54, 1.807) is 0 Å². The molecule has 0 radical (unpaired) electrons. The van der Waals surface area contributed by atoms with Crippen molar-refractivity contribution >= 4 is 23.4 Å². The van der Waals surface area contributed by atoms with Crippen molar-refractivity contribution in [2.45, 2.75) is 0 Å². The Morgan fingerprint density at radius 2 is 2.07 bits per heavy atom. The molecule has 0 bridgehead atoms. The SMILES string of the molecule is COC(=O)NC(=S)N1CCOCC1.O. The summed E-state index contributed by atoms with van der Waals surface area (Å²) >= 11 is 4.97. The minimum absolute atomic E-state index is 0. The summed E-state index contributed by atoms with van der Waals surface area (Å²) in [6.07, 6.45) is -0.531. The molecule has 1 amide bonds. The van der Waals surface area contributed by atoms with Gasteiger partial charge in [0.1, 0.15) is 0 Å². The maximum absolute atomic E-state index is 10.8. The van der Waals surface area contributed by atoms with E-state index < -0.39 is 6.09 Å². The first-order valence-corrected chi connectivity index (χ1v) is 4.36. The molecule has 7 heteroatoms. The van der Waals surface area contributed by atoms with Crippen LogP contribution in [0.1, 0.15) is 0 Å². The average molecular weight is 222 g/mol. The lowest BCUT2D eigenvalue weighted by molar-refractivity contribution is 0.0675. The second-order valence-corrected chi connectivity index (χ2v) is 2.91. The number of morpholine rings is 1. The predicted molar refractivity (Wildman–Crippen MR) is 54.1 cm³/mol. The third kappa shape index (κ3) is 3.86. The zero-order chi connectivity index (χ0) is 9.68. The van der Waals surface area contributed by atoms with Crippen LogP contribution in [0.5, 0.6) is 0 Å². The van der Waals surface area contributed by atoms with E-state index in [0.717, 1.165) is 0 Å². The molecular formula is C7H14N2O4S. The van der Waals surface area contributed by atoms with E-state index in [1.165, 1.54) is 7.11 Å². The fourth-order valence-electron chi connectivity index (χ4n) is 0.984. The second-order valence-electron chi connectivity index (χ2n) is 2.52. The third-order valence-corrected chi connectivity index (χ3v) is 2.05. The van der Waals surface area contributed by atoms with Gasteiger partial charge >= 0.3 is 6.09 Å². The van der Waals surface area contributed by atoms with Crippen molar-refractivity contribution in [3.8, 4) is 0 Å². The van der Waals surface area contributed by atoms with Gasteiger partial charge in [-0.3, -0.25) is 5.32 Å². The number of carbonyl (C=O) groups excluding carboxylic acids is 1. The summed E-state index contributed by atoms with van der Waals surface area (Å²) in [4.78, 5) is 12.7. The van der Waals surface area contributed by atoms with Crippen LogP contribution in [0.25, 0.3) is 0 Å². The molecule has 1 fully saturated rings. The van der Waals surface area contributed by atoms with Gasteiger partial charge in [-0.25, -0.2) is 4.79 Å². The summed E-state index contributed by atoms with van der Waals surface area (Å²) < 4.78 is 9.55. The van der Waals surface area contributed by atoms with Crippen molar-refractivity contribution in [2.75, 3.05) is 33.4 Å². The van der Waals surface area contributed by atoms with Crippen molar-refractivity contribution in [1.82, 2.24) is 10.2 Å². The first kappa shape index (κ1) is 13.1. The minimum Gasteiger partial charge on any atom is -0.453 e. The Morgan fingerprint density at radius 3 is 2.57 bits per heavy atom. The average Bonchev–Trinajstić information content (AvgIpc) is 2.19. The van der Waals surface area contributed by atoms with Gasteiger partial charge in [-0.1, -0.05) is 0 Å². The van der Waals surface area contributed by atoms with Crippen molar-refractivity contribution < 1.29 is 19.7 Å². The number of nitrogens with one attached hydrogen (secondary N) is 1. The van der Waals surface area contributed by atoms with Crippen LogP contribution >= 0.6 is 12.2 Å². The number of carbonyl (C=O) groups is 1. The number of amides is 1. The van der Waals surface area contributed by atoms with Gasteiger partial charge in [-0.05, 0) is 12.2 Å². The maximum atomic E-state index is 10.8. The van der Waals surface area contributed by atoms with E-state index in [-0.39, 0.29) is 5.48 Å². The van der Waals surface area contributed by atoms with Crippen molar-refractivity contribution in [1.29, 1.82) is 0 Å². The van der Waals surface area contributed by atoms with E-state index in [2.05, 4.69) is 10.1 Å². The highest BCUT2D eigenvalue weighted by molar-refractivity contribution is 7.80. The molecule has 1 aliphatic heterocycles.